The van der Waals surface area contributed by atoms with Crippen LogP contribution < -0.4 is 0 Å². The van der Waals surface area contributed by atoms with Crippen LogP contribution in [0.4, 0.5) is 0 Å². The number of aliphatic hydroxyl groups is 2. The van der Waals surface area contributed by atoms with Crippen LogP contribution in [-0.4, -0.2) is 21.4 Å². The first-order valence-electron chi connectivity index (χ1n) is 14.8. The van der Waals surface area contributed by atoms with E-state index in [1.165, 1.54) is 77.0 Å². The lowest BCUT2D eigenvalue weighted by Crippen LogP contribution is -2.59. The van der Waals surface area contributed by atoms with Crippen molar-refractivity contribution in [1.82, 2.24) is 0 Å². The van der Waals surface area contributed by atoms with Gasteiger partial charge in [0.25, 0.3) is 0 Å². The second-order valence-electron chi connectivity index (χ2n) is 11.2. The molecule has 0 saturated carbocycles. The summed E-state index contributed by atoms with van der Waals surface area (Å²) in [5.74, 6) is 0. The lowest BCUT2D eigenvalue weighted by Gasteiger charge is -2.50. The summed E-state index contributed by atoms with van der Waals surface area (Å²) in [7, 11) is 0. The number of unbranched alkanes of at least 4 members (excludes halogenated alkanes) is 14. The smallest absolute Gasteiger partial charge is 0.123 e. The third kappa shape index (κ3) is 6.65. The highest BCUT2D eigenvalue weighted by Crippen LogP contribution is 2.58. The van der Waals surface area contributed by atoms with E-state index in [2.05, 4.69) is 13.8 Å². The van der Waals surface area contributed by atoms with Crippen molar-refractivity contribution in [3.05, 3.63) is 56.4 Å². The minimum atomic E-state index is -1.30. The summed E-state index contributed by atoms with van der Waals surface area (Å²) in [5.41, 5.74) is 1.01. The van der Waals surface area contributed by atoms with Gasteiger partial charge >= 0.3 is 0 Å². The largest absolute Gasteiger partial charge is 0.382 e. The maximum atomic E-state index is 12.4. The van der Waals surface area contributed by atoms with E-state index in [1.807, 2.05) is 24.3 Å². The number of hydrogen-bond donors (Lipinski definition) is 4. The molecule has 0 saturated heterocycles. The second kappa shape index (κ2) is 14.5. The molecule has 0 aliphatic heterocycles. The minimum Gasteiger partial charge on any atom is -0.382 e. The second-order valence-corrected chi connectivity index (χ2v) is 12.1. The lowest BCUT2D eigenvalue weighted by molar-refractivity contribution is -0.116. The summed E-state index contributed by atoms with van der Waals surface area (Å²) >= 11 is 9.48. The Labute approximate surface area is 231 Å². The number of thiol groups is 2. The fraction of sp³-hybridized carbons (Fsp3) is 0.688. The van der Waals surface area contributed by atoms with Crippen LogP contribution in [-0.2, 0) is 0 Å². The van der Waals surface area contributed by atoms with Gasteiger partial charge in [-0.1, -0.05) is 129 Å². The van der Waals surface area contributed by atoms with Crippen LogP contribution in [0.3, 0.4) is 0 Å². The maximum absolute atomic E-state index is 12.4. The number of allylic oxidation sites excluding steroid dienone is 6. The molecule has 202 valence electrons. The Kier molecular flexibility index (Phi) is 12.0. The van der Waals surface area contributed by atoms with E-state index in [9.17, 15) is 10.2 Å². The third-order valence-corrected chi connectivity index (χ3v) is 9.22. The van der Waals surface area contributed by atoms with Gasteiger partial charge in [-0.2, -0.15) is 0 Å². The first kappa shape index (κ1) is 29.9. The van der Waals surface area contributed by atoms with Gasteiger partial charge in [-0.25, -0.2) is 0 Å². The molecule has 0 aromatic rings. The van der Waals surface area contributed by atoms with Gasteiger partial charge in [0.2, 0.25) is 0 Å². The summed E-state index contributed by atoms with van der Waals surface area (Å²) in [6, 6.07) is 0. The van der Waals surface area contributed by atoms with E-state index in [-0.39, 0.29) is 0 Å². The molecule has 2 atom stereocenters. The maximum Gasteiger partial charge on any atom is 0.123 e. The van der Waals surface area contributed by atoms with E-state index < -0.39 is 11.2 Å². The van der Waals surface area contributed by atoms with Crippen molar-refractivity contribution in [3.8, 4) is 0 Å². The fourth-order valence-corrected chi connectivity index (χ4v) is 6.92. The molecule has 0 spiro atoms. The van der Waals surface area contributed by atoms with Gasteiger partial charge in [-0.15, -0.1) is 25.3 Å². The van der Waals surface area contributed by atoms with Crippen molar-refractivity contribution in [2.75, 3.05) is 0 Å². The van der Waals surface area contributed by atoms with E-state index in [0.717, 1.165) is 57.8 Å². The van der Waals surface area contributed by atoms with Crippen LogP contribution in [0.1, 0.15) is 129 Å². The van der Waals surface area contributed by atoms with Crippen LogP contribution in [0, 0.1) is 0 Å². The highest BCUT2D eigenvalue weighted by Gasteiger charge is 2.59. The van der Waals surface area contributed by atoms with E-state index in [1.54, 1.807) is 0 Å². The van der Waals surface area contributed by atoms with Crippen molar-refractivity contribution in [3.63, 3.8) is 0 Å². The van der Waals surface area contributed by atoms with Crippen LogP contribution in [0.2, 0.25) is 0 Å². The summed E-state index contributed by atoms with van der Waals surface area (Å²) < 4.78 is 0. The summed E-state index contributed by atoms with van der Waals surface area (Å²) in [6.07, 6.45) is 28.5. The predicted octanol–water partition coefficient (Wildman–Crippen LogP) is 9.33. The lowest BCUT2D eigenvalue weighted by atomic mass is 9.61. The van der Waals surface area contributed by atoms with Crippen LogP contribution in [0.25, 0.3) is 0 Å². The molecule has 2 N–H and O–H groups in total. The number of rotatable bonds is 18. The van der Waals surface area contributed by atoms with Gasteiger partial charge < -0.3 is 10.2 Å². The Hall–Kier alpha value is -0.680. The van der Waals surface area contributed by atoms with Crippen molar-refractivity contribution < 1.29 is 10.2 Å². The zero-order chi connectivity index (χ0) is 26.0. The van der Waals surface area contributed by atoms with Crippen LogP contribution in [0.15, 0.2) is 56.4 Å². The summed E-state index contributed by atoms with van der Waals surface area (Å²) in [4.78, 5) is 1.72. The highest BCUT2D eigenvalue weighted by atomic mass is 32.1. The molecule has 0 heterocycles. The first-order chi connectivity index (χ1) is 17.4. The molecule has 0 radical (unpaired) electrons. The zero-order valence-electron chi connectivity index (χ0n) is 22.8. The number of fused-ring (bicyclic) bond motifs is 2. The van der Waals surface area contributed by atoms with Crippen LogP contribution >= 0.6 is 25.3 Å². The Morgan fingerprint density at radius 2 is 0.806 bits per heavy atom. The van der Waals surface area contributed by atoms with Gasteiger partial charge in [-0.05, 0) is 36.1 Å². The molecule has 3 rings (SSSR count). The molecular weight excluding hydrogens is 480 g/mol. The fourth-order valence-electron chi connectivity index (χ4n) is 6.31. The van der Waals surface area contributed by atoms with E-state index >= 15 is 0 Å². The first-order valence-corrected chi connectivity index (χ1v) is 15.7. The Morgan fingerprint density at radius 1 is 0.500 bits per heavy atom. The Morgan fingerprint density at radius 3 is 1.14 bits per heavy atom. The highest BCUT2D eigenvalue weighted by molar-refractivity contribution is 7.85. The van der Waals surface area contributed by atoms with E-state index in [4.69, 9.17) is 25.3 Å². The Balaban J connectivity index is 1.69. The van der Waals surface area contributed by atoms with Gasteiger partial charge in [0.1, 0.15) is 11.2 Å². The molecule has 0 amide bonds. The average Bonchev–Trinajstić information content (AvgIpc) is 3.44. The summed E-state index contributed by atoms with van der Waals surface area (Å²) in [5, 5.41) is 24.8. The number of hydrogen-bond acceptors (Lipinski definition) is 4. The zero-order valence-corrected chi connectivity index (χ0v) is 24.6. The third-order valence-electron chi connectivity index (χ3n) is 8.48. The quantitative estimate of drug-likeness (QED) is 0.105. The van der Waals surface area contributed by atoms with Gasteiger partial charge in [0.15, 0.2) is 0 Å². The monoisotopic (exact) mass is 530 g/mol. The molecule has 3 aliphatic carbocycles. The molecule has 2 unspecified atom stereocenters. The standard InChI is InChI=1S/C32H50O2S2/c1-3-5-7-9-11-13-15-17-23-31(33)25-19-21-27(35)29(25)30-26(20-22-28(30)36)32(31,34)24-18-16-14-12-10-8-6-4-2/h19-22,33-36H,3-18,23-24H2,1-2H3. The normalized spacial score (nSPS) is 24.9. The van der Waals surface area contributed by atoms with Crippen molar-refractivity contribution in [2.45, 2.75) is 141 Å². The minimum absolute atomic E-state index is 0.576. The predicted molar refractivity (Wildman–Crippen MR) is 162 cm³/mol. The SMILES string of the molecule is CCCCCCCCCCC1(O)C2=CC=C(S)C2=C2C(S)=CC=C2C1(O)CCCCCCCCCC. The van der Waals surface area contributed by atoms with Crippen molar-refractivity contribution >= 4 is 25.3 Å². The average molecular weight is 531 g/mol. The molecule has 0 aromatic carbocycles. The van der Waals surface area contributed by atoms with Crippen LogP contribution in [0.5, 0.6) is 0 Å². The molecular formula is C32H50O2S2. The Bertz CT molecular complexity index is 822. The van der Waals surface area contributed by atoms with Crippen molar-refractivity contribution in [1.29, 1.82) is 0 Å². The molecule has 3 aliphatic rings. The molecule has 0 bridgehead atoms. The van der Waals surface area contributed by atoms with E-state index in [0.29, 0.717) is 12.8 Å². The topological polar surface area (TPSA) is 40.5 Å². The molecule has 36 heavy (non-hydrogen) atoms. The molecule has 4 heteroatoms. The van der Waals surface area contributed by atoms with Gasteiger partial charge in [0.05, 0.1) is 0 Å². The molecule has 0 aromatic heterocycles. The van der Waals surface area contributed by atoms with Gasteiger partial charge in [0, 0.05) is 21.0 Å². The van der Waals surface area contributed by atoms with Gasteiger partial charge in [-0.3, -0.25) is 0 Å². The summed E-state index contributed by atoms with van der Waals surface area (Å²) in [6.45, 7) is 4.51. The van der Waals surface area contributed by atoms with Crippen molar-refractivity contribution in [2.24, 2.45) is 0 Å². The molecule has 2 nitrogen and oxygen atoms in total. The molecule has 0 fully saturated rings.